The molecule has 0 aromatic heterocycles. The van der Waals surface area contributed by atoms with Crippen LogP contribution in [0.15, 0.2) is 48.6 Å². The predicted octanol–water partition coefficient (Wildman–Crippen LogP) is 7.32. The Morgan fingerprint density at radius 3 is 1.63 bits per heavy atom. The molecule has 1 fully saturated rings. The van der Waals surface area contributed by atoms with E-state index in [1.54, 1.807) is 0 Å². The summed E-state index contributed by atoms with van der Waals surface area (Å²) in [5, 5.41) is 39.9. The molecule has 1 aliphatic heterocycles. The normalized spacial score (nSPS) is 21.7. The first kappa shape index (κ1) is 46.7. The second kappa shape index (κ2) is 32.3. The van der Waals surface area contributed by atoms with Gasteiger partial charge in [0.1, 0.15) is 31.0 Å². The molecule has 1 saturated heterocycles. The van der Waals surface area contributed by atoms with E-state index >= 15 is 0 Å². The molecule has 0 radical (unpaired) electrons. The van der Waals surface area contributed by atoms with Gasteiger partial charge in [-0.25, -0.2) is 0 Å². The largest absolute Gasteiger partial charge is 0.462 e. The number of aliphatic hydroxyl groups is 4. The molecule has 6 atom stereocenters. The van der Waals surface area contributed by atoms with Crippen molar-refractivity contribution in [2.75, 3.05) is 19.8 Å². The van der Waals surface area contributed by atoms with Gasteiger partial charge in [0.25, 0.3) is 0 Å². The molecule has 0 aromatic rings. The predicted molar refractivity (Wildman–Crippen MR) is 201 cm³/mol. The molecule has 3 unspecified atom stereocenters. The fraction of sp³-hybridized carbons (Fsp3) is 0.756. The summed E-state index contributed by atoms with van der Waals surface area (Å²) in [7, 11) is 0. The van der Waals surface area contributed by atoms with Crippen molar-refractivity contribution in [1.82, 2.24) is 0 Å². The lowest BCUT2D eigenvalue weighted by molar-refractivity contribution is -0.305. The van der Waals surface area contributed by atoms with Crippen LogP contribution < -0.4 is 0 Å². The van der Waals surface area contributed by atoms with Gasteiger partial charge >= 0.3 is 11.9 Å². The molecule has 0 bridgehead atoms. The highest BCUT2D eigenvalue weighted by molar-refractivity contribution is 5.70. The maximum absolute atomic E-state index is 12.6. The third-order valence-electron chi connectivity index (χ3n) is 8.71. The van der Waals surface area contributed by atoms with Crippen LogP contribution >= 0.6 is 0 Å². The van der Waals surface area contributed by atoms with E-state index in [2.05, 4.69) is 38.2 Å². The molecule has 1 aliphatic rings. The molecule has 0 spiro atoms. The van der Waals surface area contributed by atoms with Gasteiger partial charge < -0.3 is 39.4 Å². The average Bonchev–Trinajstić information content (AvgIpc) is 3.13. The number of carbonyl (C=O) groups excluding carboxylic acids is 2. The molecule has 0 aromatic carbocycles. The third-order valence-corrected chi connectivity index (χ3v) is 8.71. The standard InChI is InChI=1S/C41H70O10/c1-3-5-7-9-11-13-15-17-19-21-23-25-27-29-36(43)48-32-34(33-49-41-40(47)39(46)38(45)35(31-42)51-41)50-37(44)30-28-26-24-22-20-18-16-14-12-10-8-6-4-2/h17-20,23-26,34-35,38-42,45-47H,3-16,21-22,27-33H2,1-2H3/b19-17+,20-18+,25-23+,26-24+/t34?,35-,38+,39?,40?,41-/m0/s1. The van der Waals surface area contributed by atoms with Crippen LogP contribution in [0.5, 0.6) is 0 Å². The zero-order chi connectivity index (χ0) is 37.4. The number of ether oxygens (including phenoxy) is 4. The van der Waals surface area contributed by atoms with Crippen LogP contribution in [-0.4, -0.2) is 89.0 Å². The number of esters is 2. The maximum atomic E-state index is 12.6. The maximum Gasteiger partial charge on any atom is 0.306 e. The van der Waals surface area contributed by atoms with Gasteiger partial charge in [-0.15, -0.1) is 0 Å². The summed E-state index contributed by atoms with van der Waals surface area (Å²) in [4.78, 5) is 25.1. The molecular weight excluding hydrogens is 652 g/mol. The summed E-state index contributed by atoms with van der Waals surface area (Å²) < 4.78 is 21.9. The van der Waals surface area contributed by atoms with Crippen LogP contribution in [0, 0.1) is 0 Å². The van der Waals surface area contributed by atoms with Crippen molar-refractivity contribution < 1.29 is 49.0 Å². The lowest BCUT2D eigenvalue weighted by Crippen LogP contribution is -2.59. The number of carbonyl (C=O) groups is 2. The van der Waals surface area contributed by atoms with E-state index in [0.717, 1.165) is 25.7 Å². The smallest absolute Gasteiger partial charge is 0.306 e. The summed E-state index contributed by atoms with van der Waals surface area (Å²) in [5.74, 6) is -0.969. The minimum atomic E-state index is -1.61. The lowest BCUT2D eigenvalue weighted by Gasteiger charge is -2.39. The number of unbranched alkanes of at least 4 members (excludes halogenated alkanes) is 12. The van der Waals surface area contributed by atoms with Gasteiger partial charge in [0.15, 0.2) is 12.4 Å². The molecule has 1 heterocycles. The number of aliphatic hydroxyl groups excluding tert-OH is 4. The summed E-state index contributed by atoms with van der Waals surface area (Å²) in [6.45, 7) is 3.26. The highest BCUT2D eigenvalue weighted by Crippen LogP contribution is 2.22. The first-order valence-corrected chi connectivity index (χ1v) is 19.7. The van der Waals surface area contributed by atoms with Crippen molar-refractivity contribution in [1.29, 1.82) is 0 Å². The van der Waals surface area contributed by atoms with Crippen LogP contribution in [0.2, 0.25) is 0 Å². The topological polar surface area (TPSA) is 152 Å². The Bertz CT molecular complexity index is 975. The fourth-order valence-corrected chi connectivity index (χ4v) is 5.53. The summed E-state index contributed by atoms with van der Waals surface area (Å²) in [5.41, 5.74) is 0. The Morgan fingerprint density at radius 1 is 0.608 bits per heavy atom. The molecule has 0 amide bonds. The number of hydrogen-bond acceptors (Lipinski definition) is 10. The van der Waals surface area contributed by atoms with Gasteiger partial charge in [-0.1, -0.05) is 127 Å². The molecule has 4 N–H and O–H groups in total. The zero-order valence-electron chi connectivity index (χ0n) is 31.6. The summed E-state index contributed by atoms with van der Waals surface area (Å²) in [6, 6.07) is 0. The van der Waals surface area contributed by atoms with E-state index in [1.807, 2.05) is 24.3 Å². The molecule has 1 rings (SSSR count). The fourth-order valence-electron chi connectivity index (χ4n) is 5.53. The molecule has 10 nitrogen and oxygen atoms in total. The number of allylic oxidation sites excluding steroid dienone is 8. The van der Waals surface area contributed by atoms with Crippen molar-refractivity contribution in [2.24, 2.45) is 0 Å². The van der Waals surface area contributed by atoms with Crippen molar-refractivity contribution >= 4 is 11.9 Å². The highest BCUT2D eigenvalue weighted by Gasteiger charge is 2.44. The van der Waals surface area contributed by atoms with Crippen molar-refractivity contribution in [3.8, 4) is 0 Å². The molecular formula is C41H70O10. The monoisotopic (exact) mass is 722 g/mol. The number of hydrogen-bond donors (Lipinski definition) is 4. The van der Waals surface area contributed by atoms with Crippen molar-refractivity contribution in [3.63, 3.8) is 0 Å². The van der Waals surface area contributed by atoms with Crippen LogP contribution in [0.1, 0.15) is 142 Å². The van der Waals surface area contributed by atoms with E-state index in [0.29, 0.717) is 12.8 Å². The Balaban J connectivity index is 2.48. The minimum Gasteiger partial charge on any atom is -0.462 e. The van der Waals surface area contributed by atoms with E-state index in [1.165, 1.54) is 77.0 Å². The van der Waals surface area contributed by atoms with E-state index in [-0.39, 0.29) is 26.1 Å². The van der Waals surface area contributed by atoms with E-state index < -0.39 is 55.4 Å². The van der Waals surface area contributed by atoms with Crippen LogP contribution in [0.3, 0.4) is 0 Å². The first-order valence-electron chi connectivity index (χ1n) is 19.7. The van der Waals surface area contributed by atoms with Gasteiger partial charge in [0.05, 0.1) is 13.2 Å². The average molecular weight is 723 g/mol. The van der Waals surface area contributed by atoms with Gasteiger partial charge in [-0.2, -0.15) is 0 Å². The SMILES string of the molecule is CCCCCCCC/C=C/C/C=C/CCC(=O)OCC(CO[C@H]1O[C@@H](CO)[C@@H](O)C(O)C1O)OC(=O)CC/C=C/C/C=C/CCCCCCCC. The summed E-state index contributed by atoms with van der Waals surface area (Å²) >= 11 is 0. The Labute approximate surface area is 308 Å². The van der Waals surface area contributed by atoms with Crippen LogP contribution in [0.25, 0.3) is 0 Å². The van der Waals surface area contributed by atoms with Gasteiger partial charge in [0, 0.05) is 12.8 Å². The van der Waals surface area contributed by atoms with Crippen molar-refractivity contribution in [2.45, 2.75) is 179 Å². The first-order chi connectivity index (χ1) is 24.8. The quantitative estimate of drug-likeness (QED) is 0.0325. The Hall–Kier alpha value is -2.34. The van der Waals surface area contributed by atoms with Crippen LogP contribution in [0.4, 0.5) is 0 Å². The van der Waals surface area contributed by atoms with Gasteiger partial charge in [-0.05, 0) is 51.4 Å². The van der Waals surface area contributed by atoms with Gasteiger partial charge in [0.2, 0.25) is 0 Å². The highest BCUT2D eigenvalue weighted by atomic mass is 16.7. The zero-order valence-corrected chi connectivity index (χ0v) is 31.6. The molecule has 0 saturated carbocycles. The van der Waals surface area contributed by atoms with Gasteiger partial charge in [-0.3, -0.25) is 9.59 Å². The lowest BCUT2D eigenvalue weighted by atomic mass is 9.99. The van der Waals surface area contributed by atoms with E-state index in [4.69, 9.17) is 18.9 Å². The van der Waals surface area contributed by atoms with Crippen molar-refractivity contribution in [3.05, 3.63) is 48.6 Å². The second-order valence-electron chi connectivity index (χ2n) is 13.4. The van der Waals surface area contributed by atoms with Crippen LogP contribution in [-0.2, 0) is 28.5 Å². The molecule has 294 valence electrons. The second-order valence-corrected chi connectivity index (χ2v) is 13.4. The number of rotatable bonds is 31. The Kier molecular flexibility index (Phi) is 29.6. The summed E-state index contributed by atoms with van der Waals surface area (Å²) in [6.07, 6.45) is 28.7. The Morgan fingerprint density at radius 2 is 1.10 bits per heavy atom. The van der Waals surface area contributed by atoms with E-state index in [9.17, 15) is 30.0 Å². The molecule has 51 heavy (non-hydrogen) atoms. The third kappa shape index (κ3) is 24.5. The minimum absolute atomic E-state index is 0.112. The molecule has 0 aliphatic carbocycles. The molecule has 10 heteroatoms.